The van der Waals surface area contributed by atoms with Gasteiger partial charge < -0.3 is 15.3 Å². The van der Waals surface area contributed by atoms with Crippen LogP contribution in [-0.2, 0) is 4.79 Å². The number of carbonyl (C=O) groups excluding carboxylic acids is 1. The quantitative estimate of drug-likeness (QED) is 0.851. The molecule has 1 heterocycles. The van der Waals surface area contributed by atoms with Crippen molar-refractivity contribution in [2.75, 3.05) is 13.1 Å². The molecular weight excluding hydrogens is 244 g/mol. The second-order valence-electron chi connectivity index (χ2n) is 4.94. The number of carboxylic acid groups (broad SMARTS) is 1. The molecule has 0 unspecified atom stereocenters. The minimum absolute atomic E-state index is 0.0307. The van der Waals surface area contributed by atoms with Gasteiger partial charge in [-0.3, -0.25) is 9.59 Å². The van der Waals surface area contributed by atoms with E-state index in [1.54, 1.807) is 17.0 Å². The predicted molar refractivity (Wildman–Crippen MR) is 71.0 cm³/mol. The molecule has 0 aromatic heterocycles. The molecule has 1 aliphatic rings. The molecule has 102 valence electrons. The summed E-state index contributed by atoms with van der Waals surface area (Å²) in [6.45, 7) is 2.99. The third kappa shape index (κ3) is 3.54. The van der Waals surface area contributed by atoms with Crippen molar-refractivity contribution in [2.45, 2.75) is 25.4 Å². The number of amides is 1. The van der Waals surface area contributed by atoms with Crippen LogP contribution in [0, 0.1) is 0 Å². The van der Waals surface area contributed by atoms with Crippen LogP contribution in [0.5, 0.6) is 0 Å². The fourth-order valence-corrected chi connectivity index (χ4v) is 2.44. The first-order valence-electron chi connectivity index (χ1n) is 6.38. The topological polar surface area (TPSA) is 69.6 Å². The number of hydrogen-bond donors (Lipinski definition) is 2. The summed E-state index contributed by atoms with van der Waals surface area (Å²) in [5, 5.41) is 12.1. The molecule has 1 fully saturated rings. The number of piperazine rings is 1. The van der Waals surface area contributed by atoms with E-state index in [1.807, 2.05) is 25.1 Å². The van der Waals surface area contributed by atoms with E-state index in [-0.39, 0.29) is 24.4 Å². The number of carboxylic acids is 1. The van der Waals surface area contributed by atoms with E-state index < -0.39 is 5.97 Å². The zero-order chi connectivity index (χ0) is 13.8. The average molecular weight is 262 g/mol. The summed E-state index contributed by atoms with van der Waals surface area (Å²) < 4.78 is 0. The third-order valence-corrected chi connectivity index (χ3v) is 3.18. The second-order valence-corrected chi connectivity index (χ2v) is 4.94. The van der Waals surface area contributed by atoms with E-state index in [1.165, 1.54) is 0 Å². The molecule has 0 saturated carbocycles. The van der Waals surface area contributed by atoms with Gasteiger partial charge in [-0.15, -0.1) is 0 Å². The van der Waals surface area contributed by atoms with Gasteiger partial charge in [-0.05, 0) is 19.1 Å². The lowest BCUT2D eigenvalue weighted by Crippen LogP contribution is -2.57. The molecule has 5 nitrogen and oxygen atoms in total. The molecule has 19 heavy (non-hydrogen) atoms. The Hall–Kier alpha value is -1.88. The Morgan fingerprint density at radius 1 is 1.32 bits per heavy atom. The highest BCUT2D eigenvalue weighted by molar-refractivity contribution is 5.94. The summed E-state index contributed by atoms with van der Waals surface area (Å²) in [6, 6.07) is 8.99. The standard InChI is InChI=1S/C14H18N2O3/c1-10-8-16(9-12(15-10)7-13(17)18)14(19)11-5-3-2-4-6-11/h2-6,10,12,15H,7-9H2,1H3,(H,17,18)/t10-,12+/m1/s1. The van der Waals surface area contributed by atoms with Crippen LogP contribution >= 0.6 is 0 Å². The van der Waals surface area contributed by atoms with Crippen LogP contribution < -0.4 is 5.32 Å². The van der Waals surface area contributed by atoms with Crippen LogP contribution in [0.1, 0.15) is 23.7 Å². The lowest BCUT2D eigenvalue weighted by molar-refractivity contribution is -0.137. The summed E-state index contributed by atoms with van der Waals surface area (Å²) in [7, 11) is 0. The van der Waals surface area contributed by atoms with Gasteiger partial charge in [0.1, 0.15) is 0 Å². The Morgan fingerprint density at radius 2 is 2.00 bits per heavy atom. The van der Waals surface area contributed by atoms with Crippen LogP contribution in [0.25, 0.3) is 0 Å². The van der Waals surface area contributed by atoms with Gasteiger partial charge >= 0.3 is 5.97 Å². The molecule has 1 aromatic rings. The van der Waals surface area contributed by atoms with Crippen molar-refractivity contribution in [3.63, 3.8) is 0 Å². The summed E-state index contributed by atoms with van der Waals surface area (Å²) >= 11 is 0. The Bertz CT molecular complexity index is 461. The van der Waals surface area contributed by atoms with Gasteiger partial charge in [-0.2, -0.15) is 0 Å². The fourth-order valence-electron chi connectivity index (χ4n) is 2.44. The number of hydrogen-bond acceptors (Lipinski definition) is 3. The predicted octanol–water partition coefficient (Wildman–Crippen LogP) is 0.964. The number of aliphatic carboxylic acids is 1. The highest BCUT2D eigenvalue weighted by Gasteiger charge is 2.28. The summed E-state index contributed by atoms with van der Waals surface area (Å²) in [5.41, 5.74) is 0.644. The van der Waals surface area contributed by atoms with Gasteiger partial charge in [0.2, 0.25) is 0 Å². The molecule has 1 aliphatic heterocycles. The van der Waals surface area contributed by atoms with Crippen molar-refractivity contribution < 1.29 is 14.7 Å². The molecule has 1 amide bonds. The highest BCUT2D eigenvalue weighted by Crippen LogP contribution is 2.12. The minimum Gasteiger partial charge on any atom is -0.481 e. The van der Waals surface area contributed by atoms with E-state index in [4.69, 9.17) is 5.11 Å². The Labute approximate surface area is 112 Å². The van der Waals surface area contributed by atoms with Gasteiger partial charge in [0.15, 0.2) is 0 Å². The fraction of sp³-hybridized carbons (Fsp3) is 0.429. The van der Waals surface area contributed by atoms with Gasteiger partial charge in [0.05, 0.1) is 6.42 Å². The van der Waals surface area contributed by atoms with E-state index in [0.717, 1.165) is 0 Å². The van der Waals surface area contributed by atoms with Crippen LogP contribution in [0.3, 0.4) is 0 Å². The van der Waals surface area contributed by atoms with Crippen LogP contribution in [0.15, 0.2) is 30.3 Å². The van der Waals surface area contributed by atoms with E-state index in [9.17, 15) is 9.59 Å². The Kier molecular flexibility index (Phi) is 4.16. The number of rotatable bonds is 3. The SMILES string of the molecule is C[C@@H]1CN(C(=O)c2ccccc2)C[C@H](CC(=O)O)N1. The number of benzene rings is 1. The van der Waals surface area contributed by atoms with Crippen LogP contribution in [-0.4, -0.2) is 47.1 Å². The Balaban J connectivity index is 2.07. The zero-order valence-electron chi connectivity index (χ0n) is 10.9. The molecule has 0 bridgehead atoms. The van der Waals surface area contributed by atoms with E-state index >= 15 is 0 Å². The van der Waals surface area contributed by atoms with Crippen molar-refractivity contribution >= 4 is 11.9 Å². The van der Waals surface area contributed by atoms with Crippen molar-refractivity contribution in [1.29, 1.82) is 0 Å². The monoisotopic (exact) mass is 262 g/mol. The van der Waals surface area contributed by atoms with Gasteiger partial charge in [0.25, 0.3) is 5.91 Å². The lowest BCUT2D eigenvalue weighted by Gasteiger charge is -2.37. The largest absolute Gasteiger partial charge is 0.481 e. The van der Waals surface area contributed by atoms with Gasteiger partial charge in [0, 0.05) is 30.7 Å². The van der Waals surface area contributed by atoms with Crippen molar-refractivity contribution in [2.24, 2.45) is 0 Å². The molecular formula is C14H18N2O3. The minimum atomic E-state index is -0.848. The van der Waals surface area contributed by atoms with Crippen LogP contribution in [0.2, 0.25) is 0 Å². The van der Waals surface area contributed by atoms with Crippen LogP contribution in [0.4, 0.5) is 0 Å². The first-order chi connectivity index (χ1) is 9.06. The molecule has 0 spiro atoms. The molecule has 2 rings (SSSR count). The number of carbonyl (C=O) groups is 2. The second kappa shape index (κ2) is 5.84. The summed E-state index contributed by atoms with van der Waals surface area (Å²) in [6.07, 6.45) is 0.0307. The highest BCUT2D eigenvalue weighted by atomic mass is 16.4. The lowest BCUT2D eigenvalue weighted by atomic mass is 10.1. The molecule has 1 aromatic carbocycles. The maximum absolute atomic E-state index is 12.3. The zero-order valence-corrected chi connectivity index (χ0v) is 10.9. The van der Waals surface area contributed by atoms with Crippen molar-refractivity contribution in [3.05, 3.63) is 35.9 Å². The molecule has 1 saturated heterocycles. The van der Waals surface area contributed by atoms with Gasteiger partial charge in [-0.1, -0.05) is 18.2 Å². The first-order valence-corrected chi connectivity index (χ1v) is 6.38. The van der Waals surface area contributed by atoms with E-state index in [0.29, 0.717) is 18.7 Å². The molecule has 5 heteroatoms. The molecule has 2 atom stereocenters. The van der Waals surface area contributed by atoms with Gasteiger partial charge in [-0.25, -0.2) is 0 Å². The summed E-state index contributed by atoms with van der Waals surface area (Å²) in [5.74, 6) is -0.886. The maximum Gasteiger partial charge on any atom is 0.304 e. The molecule has 2 N–H and O–H groups in total. The molecule has 0 radical (unpaired) electrons. The molecule has 0 aliphatic carbocycles. The maximum atomic E-state index is 12.3. The van der Waals surface area contributed by atoms with Crippen molar-refractivity contribution in [1.82, 2.24) is 10.2 Å². The smallest absolute Gasteiger partial charge is 0.304 e. The summed E-state index contributed by atoms with van der Waals surface area (Å²) in [4.78, 5) is 24.8. The Morgan fingerprint density at radius 3 is 2.63 bits per heavy atom. The number of nitrogens with one attached hydrogen (secondary N) is 1. The number of nitrogens with zero attached hydrogens (tertiary/aromatic N) is 1. The van der Waals surface area contributed by atoms with E-state index in [2.05, 4.69) is 5.32 Å². The third-order valence-electron chi connectivity index (χ3n) is 3.18. The average Bonchev–Trinajstić information content (AvgIpc) is 2.37. The van der Waals surface area contributed by atoms with Crippen molar-refractivity contribution in [3.8, 4) is 0 Å². The normalized spacial score (nSPS) is 23.1. The first kappa shape index (κ1) is 13.5.